The number of aliphatic imine (C=N–C) groups is 1. The second-order valence-electron chi connectivity index (χ2n) is 13.8. The number of benzene rings is 2. The van der Waals surface area contributed by atoms with Crippen LogP contribution >= 0.6 is 23.2 Å². The summed E-state index contributed by atoms with van der Waals surface area (Å²) in [5.74, 6) is 0.751. The Balaban J connectivity index is 1.09. The van der Waals surface area contributed by atoms with Gasteiger partial charge in [-0.15, -0.1) is 0 Å². The van der Waals surface area contributed by atoms with Gasteiger partial charge in [0.1, 0.15) is 5.69 Å². The van der Waals surface area contributed by atoms with E-state index in [1.54, 1.807) is 13.3 Å². The lowest BCUT2D eigenvalue weighted by Gasteiger charge is -2.17. The second-order valence-corrected chi connectivity index (χ2v) is 14.6. The van der Waals surface area contributed by atoms with Gasteiger partial charge in [0.05, 0.1) is 34.2 Å². The summed E-state index contributed by atoms with van der Waals surface area (Å²) in [7, 11) is 1.58. The van der Waals surface area contributed by atoms with Crippen molar-refractivity contribution < 1.29 is 19.4 Å². The first kappa shape index (κ1) is 35.7. The summed E-state index contributed by atoms with van der Waals surface area (Å²) in [6.07, 6.45) is 7.72. The van der Waals surface area contributed by atoms with Gasteiger partial charge in [0.15, 0.2) is 11.6 Å². The van der Waals surface area contributed by atoms with Gasteiger partial charge in [0.25, 0.3) is 0 Å². The molecule has 12 heteroatoms. The van der Waals surface area contributed by atoms with Crippen LogP contribution in [0, 0.1) is 23.2 Å². The maximum atomic E-state index is 11.7. The van der Waals surface area contributed by atoms with Gasteiger partial charge in [-0.1, -0.05) is 66.0 Å². The molecule has 2 aliphatic carbocycles. The van der Waals surface area contributed by atoms with Crippen LogP contribution in [0.2, 0.25) is 10.0 Å². The number of nitrogens with one attached hydrogen (secondary N) is 3. The molecule has 2 unspecified atom stereocenters. The van der Waals surface area contributed by atoms with Crippen LogP contribution in [0.5, 0.6) is 5.88 Å². The number of carbonyl (C=O) groups is 2. The zero-order valence-corrected chi connectivity index (χ0v) is 30.4. The lowest BCUT2D eigenvalue weighted by Crippen LogP contribution is -2.26. The number of nitrogens with zero attached hydrogens (tertiary/aromatic N) is 3. The van der Waals surface area contributed by atoms with Crippen LogP contribution in [0.3, 0.4) is 0 Å². The molecule has 2 saturated carbocycles. The van der Waals surface area contributed by atoms with Gasteiger partial charge in [-0.05, 0) is 61.3 Å². The van der Waals surface area contributed by atoms with E-state index in [1.165, 1.54) is 0 Å². The number of pyridine rings is 2. The molecule has 0 radical (unpaired) electrons. The van der Waals surface area contributed by atoms with Crippen LogP contribution in [0.25, 0.3) is 22.4 Å². The van der Waals surface area contributed by atoms with Gasteiger partial charge in [0, 0.05) is 72.4 Å². The molecule has 2 fully saturated rings. The van der Waals surface area contributed by atoms with Crippen molar-refractivity contribution in [2.24, 2.45) is 22.7 Å². The van der Waals surface area contributed by atoms with E-state index in [4.69, 9.17) is 43.3 Å². The number of Topliss-reactive ketones (excluding diaryl/α,β-unsaturated/α-hetero) is 1. The fraction of sp³-hybridized carbons (Fsp3) is 0.350. The minimum absolute atomic E-state index is 0.0632. The number of hydrogen-bond donors (Lipinski definition) is 4. The Morgan fingerprint density at radius 1 is 1.00 bits per heavy atom. The number of methoxy groups -OCH3 is 1. The van der Waals surface area contributed by atoms with Crippen molar-refractivity contribution in [1.29, 1.82) is 5.41 Å². The van der Waals surface area contributed by atoms with Crippen LogP contribution in [-0.4, -0.2) is 51.9 Å². The highest BCUT2D eigenvalue weighted by Crippen LogP contribution is 2.44. The molecule has 0 saturated heterocycles. The molecule has 4 aromatic rings. The van der Waals surface area contributed by atoms with E-state index in [0.717, 1.165) is 71.3 Å². The number of hydrogen-bond acceptors (Lipinski definition) is 9. The molecular formula is C40H40Cl2N6O4. The van der Waals surface area contributed by atoms with E-state index in [1.807, 2.05) is 54.6 Å². The van der Waals surface area contributed by atoms with Crippen LogP contribution in [-0.2, 0) is 22.6 Å². The molecule has 268 valence electrons. The Labute approximate surface area is 312 Å². The number of aromatic nitrogens is 2. The molecule has 10 nitrogen and oxygen atoms in total. The fourth-order valence-corrected chi connectivity index (χ4v) is 8.40. The molecule has 7 rings (SSSR count). The highest BCUT2D eigenvalue weighted by atomic mass is 35.5. The highest BCUT2D eigenvalue weighted by Gasteiger charge is 2.32. The van der Waals surface area contributed by atoms with E-state index in [0.29, 0.717) is 65.0 Å². The summed E-state index contributed by atoms with van der Waals surface area (Å²) in [6.45, 7) is 1.03. The van der Waals surface area contributed by atoms with E-state index >= 15 is 0 Å². The smallest absolute Gasteiger partial charge is 0.303 e. The third-order valence-electron chi connectivity index (χ3n) is 10.5. The minimum atomic E-state index is -0.730. The number of carbonyl (C=O) groups excluding carboxylic acids is 1. The summed E-state index contributed by atoms with van der Waals surface area (Å²) in [6, 6.07) is 17.3. The Bertz CT molecular complexity index is 2090. The van der Waals surface area contributed by atoms with Crippen molar-refractivity contribution in [2.45, 2.75) is 57.9 Å². The summed E-state index contributed by atoms with van der Waals surface area (Å²) >= 11 is 14.2. The Kier molecular flexibility index (Phi) is 10.7. The van der Waals surface area contributed by atoms with Crippen molar-refractivity contribution in [3.05, 3.63) is 82.0 Å². The van der Waals surface area contributed by atoms with E-state index < -0.39 is 5.97 Å². The maximum Gasteiger partial charge on any atom is 0.303 e. The first-order valence-electron chi connectivity index (χ1n) is 17.7. The molecule has 3 heterocycles. The van der Waals surface area contributed by atoms with E-state index in [9.17, 15) is 14.7 Å². The predicted molar refractivity (Wildman–Crippen MR) is 205 cm³/mol. The Morgan fingerprint density at radius 2 is 1.77 bits per heavy atom. The molecule has 52 heavy (non-hydrogen) atoms. The zero-order chi connectivity index (χ0) is 36.4. The van der Waals surface area contributed by atoms with Crippen LogP contribution in [0.15, 0.2) is 65.8 Å². The topological polar surface area (TPSA) is 150 Å². The van der Waals surface area contributed by atoms with Crippen LogP contribution < -0.4 is 15.4 Å². The van der Waals surface area contributed by atoms with Gasteiger partial charge < -0.3 is 25.9 Å². The lowest BCUT2D eigenvalue weighted by molar-refractivity contribution is -0.138. The summed E-state index contributed by atoms with van der Waals surface area (Å²) in [5, 5.41) is 25.1. The van der Waals surface area contributed by atoms with E-state index in [-0.39, 0.29) is 29.8 Å². The van der Waals surface area contributed by atoms with Gasteiger partial charge in [-0.25, -0.2) is 9.97 Å². The van der Waals surface area contributed by atoms with Gasteiger partial charge in [-0.2, -0.15) is 0 Å². The summed E-state index contributed by atoms with van der Waals surface area (Å²) in [4.78, 5) is 37.5. The molecule has 3 aliphatic rings. The maximum absolute atomic E-state index is 11.7. The third kappa shape index (κ3) is 7.46. The number of carboxylic acid groups (broad SMARTS) is 1. The Morgan fingerprint density at radius 3 is 2.54 bits per heavy atom. The zero-order valence-electron chi connectivity index (χ0n) is 28.8. The average Bonchev–Trinajstić information content (AvgIpc) is 3.85. The molecule has 1 aliphatic heterocycles. The van der Waals surface area contributed by atoms with Crippen molar-refractivity contribution in [2.75, 3.05) is 19.0 Å². The minimum Gasteiger partial charge on any atom is -0.481 e. The number of aliphatic carboxylic acids is 1. The number of halogens is 2. The van der Waals surface area contributed by atoms with Gasteiger partial charge in [0.2, 0.25) is 5.88 Å². The van der Waals surface area contributed by atoms with Crippen molar-refractivity contribution in [3.8, 4) is 28.3 Å². The molecule has 2 aromatic carbocycles. The predicted octanol–water partition coefficient (Wildman–Crippen LogP) is 8.87. The van der Waals surface area contributed by atoms with Crippen LogP contribution in [0.4, 0.5) is 17.2 Å². The van der Waals surface area contributed by atoms with Crippen molar-refractivity contribution in [1.82, 2.24) is 15.3 Å². The molecule has 0 amide bonds. The summed E-state index contributed by atoms with van der Waals surface area (Å²) < 4.78 is 5.65. The number of fused-ring (bicyclic) bond motifs is 1. The van der Waals surface area contributed by atoms with Crippen LogP contribution in [0.1, 0.15) is 56.1 Å². The van der Waals surface area contributed by atoms with E-state index in [2.05, 4.69) is 15.6 Å². The fourth-order valence-electron chi connectivity index (χ4n) is 7.80. The van der Waals surface area contributed by atoms with Gasteiger partial charge in [-0.3, -0.25) is 14.6 Å². The normalized spacial score (nSPS) is 19.5. The summed E-state index contributed by atoms with van der Waals surface area (Å²) in [5.41, 5.74) is 7.51. The first-order valence-corrected chi connectivity index (χ1v) is 18.4. The number of anilines is 2. The number of ketones is 1. The number of carboxylic acids is 1. The molecule has 0 spiro atoms. The second kappa shape index (κ2) is 15.5. The molecule has 2 aromatic heterocycles. The first-order chi connectivity index (χ1) is 25.2. The highest BCUT2D eigenvalue weighted by molar-refractivity contribution is 6.41. The monoisotopic (exact) mass is 738 g/mol. The third-order valence-corrected chi connectivity index (χ3v) is 11.3. The average molecular weight is 740 g/mol. The molecule has 3 atom stereocenters. The van der Waals surface area contributed by atoms with Gasteiger partial charge >= 0.3 is 5.97 Å². The van der Waals surface area contributed by atoms with Crippen molar-refractivity contribution in [3.63, 3.8) is 0 Å². The lowest BCUT2D eigenvalue weighted by atomic mass is 9.88. The molecular weight excluding hydrogens is 699 g/mol. The quantitative estimate of drug-likeness (QED) is 0.106. The Hall–Kier alpha value is -4.64. The van der Waals surface area contributed by atoms with Crippen molar-refractivity contribution >= 4 is 63.6 Å². The number of rotatable bonds is 13. The standard InChI is InChI=1S/C40H40Cl2N6O4/c1-52-40-26(21-44-20-25-12-14-33(49)37(25)43)11-13-31(48-40)30-9-3-7-28(35(30)41)29-8-4-10-32(36(29)42)47-39-38-24(15-16-45-39)18-27(46-38)17-22-5-2-6-23(22)19-34(50)51/h3-4,7-11,13,15-16,22-23,25,43-44H,2,5-6,12,14,17-21H2,1H3,(H,45,47)(H,50,51)/t22?,23?,25-/m0/s1. The molecule has 0 bridgehead atoms. The largest absolute Gasteiger partial charge is 0.481 e. The SMILES string of the molecule is COc1nc(-c2cccc(-c3cccc(Nc4nccc5c4N=C(CC4CCCC4CC(=O)O)C5)c3Cl)c2Cl)ccc1CNC[C@@H]1CCC(=O)C1=N. The number of ether oxygens (including phenoxy) is 1. The molecule has 4 N–H and O–H groups in total.